The van der Waals surface area contributed by atoms with E-state index in [1.54, 1.807) is 13.8 Å². The van der Waals surface area contributed by atoms with Gasteiger partial charge in [-0.3, -0.25) is 4.79 Å². The highest BCUT2D eigenvalue weighted by Crippen LogP contribution is 2.13. The van der Waals surface area contributed by atoms with E-state index in [0.29, 0.717) is 6.54 Å². The molecule has 0 aromatic heterocycles. The molecule has 0 aliphatic heterocycles. The number of nitrogens with two attached hydrogens (primary N) is 1. The zero-order valence-electron chi connectivity index (χ0n) is 11.1. The van der Waals surface area contributed by atoms with Crippen molar-refractivity contribution in [2.75, 3.05) is 0 Å². The molecule has 0 radical (unpaired) electrons. The number of nitrogens with zero attached hydrogens (tertiary/aromatic N) is 1. The van der Waals surface area contributed by atoms with Crippen LogP contribution in [0.1, 0.15) is 33.3 Å². The van der Waals surface area contributed by atoms with Crippen molar-refractivity contribution in [1.29, 1.82) is 0 Å². The average molecular weight is 234 g/mol. The van der Waals surface area contributed by atoms with Gasteiger partial charge in [-0.05, 0) is 33.3 Å². The fourth-order valence-corrected chi connectivity index (χ4v) is 1.64. The largest absolute Gasteiger partial charge is 0.334 e. The molecule has 0 saturated heterocycles. The van der Waals surface area contributed by atoms with Crippen molar-refractivity contribution in [3.05, 3.63) is 35.9 Å². The van der Waals surface area contributed by atoms with E-state index in [1.165, 1.54) is 0 Å². The number of hydrogen-bond acceptors (Lipinski definition) is 2. The second kappa shape index (κ2) is 5.32. The minimum absolute atomic E-state index is 0.0173. The van der Waals surface area contributed by atoms with E-state index >= 15 is 0 Å². The van der Waals surface area contributed by atoms with E-state index in [0.717, 1.165) is 5.56 Å². The van der Waals surface area contributed by atoms with Gasteiger partial charge in [0, 0.05) is 12.6 Å². The third-order valence-electron chi connectivity index (χ3n) is 2.63. The van der Waals surface area contributed by atoms with Crippen LogP contribution in [0.3, 0.4) is 0 Å². The van der Waals surface area contributed by atoms with Crippen LogP contribution >= 0.6 is 0 Å². The zero-order valence-corrected chi connectivity index (χ0v) is 11.1. The lowest BCUT2D eigenvalue weighted by Crippen LogP contribution is -2.52. The first kappa shape index (κ1) is 13.7. The molecule has 0 unspecified atom stereocenters. The van der Waals surface area contributed by atoms with Gasteiger partial charge in [-0.15, -0.1) is 0 Å². The molecule has 0 aliphatic carbocycles. The highest BCUT2D eigenvalue weighted by atomic mass is 16.2. The summed E-state index contributed by atoms with van der Waals surface area (Å²) in [6, 6.07) is 10.1. The molecule has 1 aromatic carbocycles. The van der Waals surface area contributed by atoms with Crippen LogP contribution < -0.4 is 5.73 Å². The molecule has 0 fully saturated rings. The maximum atomic E-state index is 12.2. The van der Waals surface area contributed by atoms with Gasteiger partial charge in [0.25, 0.3) is 0 Å². The number of amides is 1. The SMILES string of the molecule is CC(C)N(Cc1ccccc1)C(=O)C(C)(C)N. The van der Waals surface area contributed by atoms with Gasteiger partial charge < -0.3 is 10.6 Å². The summed E-state index contributed by atoms with van der Waals surface area (Å²) >= 11 is 0. The molecule has 0 spiro atoms. The number of carbonyl (C=O) groups excluding carboxylic acids is 1. The molecule has 1 rings (SSSR count). The Balaban J connectivity index is 2.85. The van der Waals surface area contributed by atoms with Gasteiger partial charge in [0.15, 0.2) is 0 Å². The lowest BCUT2D eigenvalue weighted by Gasteiger charge is -2.32. The lowest BCUT2D eigenvalue weighted by molar-refractivity contribution is -0.138. The Bertz CT molecular complexity index is 366. The van der Waals surface area contributed by atoms with Crippen molar-refractivity contribution in [1.82, 2.24) is 4.90 Å². The molecule has 94 valence electrons. The van der Waals surface area contributed by atoms with E-state index in [2.05, 4.69) is 0 Å². The van der Waals surface area contributed by atoms with Gasteiger partial charge in [-0.2, -0.15) is 0 Å². The van der Waals surface area contributed by atoms with Gasteiger partial charge in [0.2, 0.25) is 5.91 Å². The molecule has 0 heterocycles. The first-order chi connectivity index (χ1) is 7.82. The standard InChI is InChI=1S/C14H22N2O/c1-11(2)16(13(17)14(3,4)15)10-12-8-6-5-7-9-12/h5-9,11H,10,15H2,1-4H3. The van der Waals surface area contributed by atoms with Crippen molar-refractivity contribution in [2.45, 2.75) is 45.8 Å². The van der Waals surface area contributed by atoms with Gasteiger partial charge in [-0.1, -0.05) is 30.3 Å². The summed E-state index contributed by atoms with van der Waals surface area (Å²) < 4.78 is 0. The molecule has 0 atom stereocenters. The van der Waals surface area contributed by atoms with Crippen LogP contribution in [0.2, 0.25) is 0 Å². The van der Waals surface area contributed by atoms with E-state index in [1.807, 2.05) is 49.1 Å². The third kappa shape index (κ3) is 3.86. The Morgan fingerprint density at radius 2 is 1.82 bits per heavy atom. The summed E-state index contributed by atoms with van der Waals surface area (Å²) in [5, 5.41) is 0. The highest BCUT2D eigenvalue weighted by molar-refractivity contribution is 5.85. The fourth-order valence-electron chi connectivity index (χ4n) is 1.64. The van der Waals surface area contributed by atoms with Crippen molar-refractivity contribution >= 4 is 5.91 Å². The number of rotatable bonds is 4. The predicted octanol–water partition coefficient (Wildman–Crippen LogP) is 2.16. The summed E-state index contributed by atoms with van der Waals surface area (Å²) in [5.74, 6) is -0.0173. The van der Waals surface area contributed by atoms with E-state index in [4.69, 9.17) is 5.73 Å². The summed E-state index contributed by atoms with van der Waals surface area (Å²) in [7, 11) is 0. The van der Waals surface area contributed by atoms with Gasteiger partial charge in [-0.25, -0.2) is 0 Å². The summed E-state index contributed by atoms with van der Waals surface area (Å²) in [4.78, 5) is 14.0. The van der Waals surface area contributed by atoms with Crippen molar-refractivity contribution in [3.63, 3.8) is 0 Å². The molecule has 3 nitrogen and oxygen atoms in total. The van der Waals surface area contributed by atoms with Gasteiger partial charge >= 0.3 is 0 Å². The number of hydrogen-bond donors (Lipinski definition) is 1. The maximum Gasteiger partial charge on any atom is 0.242 e. The zero-order chi connectivity index (χ0) is 13.1. The molecule has 2 N–H and O–H groups in total. The number of carbonyl (C=O) groups is 1. The predicted molar refractivity (Wildman–Crippen MR) is 70.4 cm³/mol. The molecule has 0 aliphatic rings. The van der Waals surface area contributed by atoms with Gasteiger partial charge in [0.05, 0.1) is 5.54 Å². The molecule has 1 aromatic rings. The Kier molecular flexibility index (Phi) is 4.29. The Hall–Kier alpha value is -1.35. The Morgan fingerprint density at radius 1 is 1.29 bits per heavy atom. The molecule has 17 heavy (non-hydrogen) atoms. The average Bonchev–Trinajstić information content (AvgIpc) is 2.24. The normalized spacial score (nSPS) is 11.6. The topological polar surface area (TPSA) is 46.3 Å². The van der Waals surface area contributed by atoms with Gasteiger partial charge in [0.1, 0.15) is 0 Å². The molecular formula is C14H22N2O. The summed E-state index contributed by atoms with van der Waals surface area (Å²) in [6.45, 7) is 8.11. The Labute approximate surface area is 104 Å². The van der Waals surface area contributed by atoms with Crippen LogP contribution in [-0.2, 0) is 11.3 Å². The van der Waals surface area contributed by atoms with Crippen LogP contribution in [0, 0.1) is 0 Å². The second-order valence-electron chi connectivity index (χ2n) is 5.23. The molecule has 0 saturated carbocycles. The fraction of sp³-hybridized carbons (Fsp3) is 0.500. The molecular weight excluding hydrogens is 212 g/mol. The third-order valence-corrected chi connectivity index (χ3v) is 2.63. The quantitative estimate of drug-likeness (QED) is 0.867. The lowest BCUT2D eigenvalue weighted by atomic mass is 10.0. The van der Waals surface area contributed by atoms with Crippen LogP contribution in [0.5, 0.6) is 0 Å². The van der Waals surface area contributed by atoms with E-state index < -0.39 is 5.54 Å². The minimum atomic E-state index is -0.820. The van der Waals surface area contributed by atoms with E-state index in [9.17, 15) is 4.79 Å². The monoisotopic (exact) mass is 234 g/mol. The smallest absolute Gasteiger partial charge is 0.242 e. The van der Waals surface area contributed by atoms with Crippen LogP contribution in [0.25, 0.3) is 0 Å². The Morgan fingerprint density at radius 3 is 2.24 bits per heavy atom. The molecule has 3 heteroatoms. The van der Waals surface area contributed by atoms with Crippen molar-refractivity contribution < 1.29 is 4.79 Å². The highest BCUT2D eigenvalue weighted by Gasteiger charge is 2.29. The number of benzene rings is 1. The maximum absolute atomic E-state index is 12.2. The summed E-state index contributed by atoms with van der Waals surface area (Å²) in [6.07, 6.45) is 0. The second-order valence-corrected chi connectivity index (χ2v) is 5.23. The minimum Gasteiger partial charge on any atom is -0.334 e. The van der Waals surface area contributed by atoms with Crippen LogP contribution in [0.15, 0.2) is 30.3 Å². The van der Waals surface area contributed by atoms with E-state index in [-0.39, 0.29) is 11.9 Å². The first-order valence-electron chi connectivity index (χ1n) is 5.96. The first-order valence-corrected chi connectivity index (χ1v) is 5.96. The van der Waals surface area contributed by atoms with Crippen molar-refractivity contribution in [2.24, 2.45) is 5.73 Å². The summed E-state index contributed by atoms with van der Waals surface area (Å²) in [5.41, 5.74) is 6.18. The van der Waals surface area contributed by atoms with Crippen LogP contribution in [-0.4, -0.2) is 22.4 Å². The van der Waals surface area contributed by atoms with Crippen LogP contribution in [0.4, 0.5) is 0 Å². The molecule has 1 amide bonds. The van der Waals surface area contributed by atoms with Crippen molar-refractivity contribution in [3.8, 4) is 0 Å². The molecule has 0 bridgehead atoms.